The van der Waals surface area contributed by atoms with Crippen molar-refractivity contribution in [2.24, 2.45) is 5.73 Å². The topological polar surface area (TPSA) is 44.5 Å². The van der Waals surface area contributed by atoms with E-state index in [0.717, 1.165) is 0 Å². The maximum atomic E-state index is 6.01. The zero-order valence-electron chi connectivity index (χ0n) is 9.67. The van der Waals surface area contributed by atoms with Crippen LogP contribution in [-0.4, -0.2) is 19.8 Å². The van der Waals surface area contributed by atoms with Gasteiger partial charge in [-0.3, -0.25) is 0 Å². The molecule has 108 valence electrons. The number of rotatable bonds is 6. The molecule has 0 saturated carbocycles. The predicted octanol–water partition coefficient (Wildman–Crippen LogP) is 4.45. The van der Waals surface area contributed by atoms with E-state index < -0.39 is 0 Å². The van der Waals surface area contributed by atoms with Crippen LogP contribution < -0.4 is 15.2 Å². The smallest absolute Gasteiger partial charge is 0.156 e. The molecule has 0 heterocycles. The Labute approximate surface area is 137 Å². The fourth-order valence-electron chi connectivity index (χ4n) is 1.12. The Hall–Kier alpha value is -0.0300. The average molecular weight is 367 g/mol. The first kappa shape index (κ1) is 19.0. The lowest BCUT2D eigenvalue weighted by Crippen LogP contribution is -2.11. The maximum absolute atomic E-state index is 6.01. The number of benzene rings is 1. The van der Waals surface area contributed by atoms with Gasteiger partial charge in [0.1, 0.15) is 23.5 Å². The summed E-state index contributed by atoms with van der Waals surface area (Å²) in [5.74, 6) is 0.887. The molecule has 0 aliphatic heterocycles. The summed E-state index contributed by atoms with van der Waals surface area (Å²) >= 11 is 22.9. The normalized spacial score (nSPS) is 9.53. The van der Waals surface area contributed by atoms with E-state index in [9.17, 15) is 0 Å². The summed E-state index contributed by atoms with van der Waals surface area (Å²) in [4.78, 5) is 0. The van der Waals surface area contributed by atoms with E-state index in [2.05, 4.69) is 0 Å². The highest BCUT2D eigenvalue weighted by molar-refractivity contribution is 6.55. The van der Waals surface area contributed by atoms with Crippen LogP contribution in [0.25, 0.3) is 0 Å². The van der Waals surface area contributed by atoms with Crippen LogP contribution in [-0.2, 0) is 0 Å². The molecular formula is C11H12Cl5NO2. The fourth-order valence-corrected chi connectivity index (χ4v) is 1.82. The second kappa shape index (κ2) is 9.81. The molecule has 0 spiro atoms. The molecule has 0 atom stereocenters. The van der Waals surface area contributed by atoms with E-state index in [1.54, 1.807) is 12.1 Å². The fraction of sp³-hybridized carbons (Fsp3) is 0.273. The Kier molecular flexibility index (Phi) is 9.79. The van der Waals surface area contributed by atoms with Gasteiger partial charge in [-0.1, -0.05) is 46.4 Å². The zero-order chi connectivity index (χ0) is 13.5. The van der Waals surface area contributed by atoms with Crippen molar-refractivity contribution in [3.8, 4) is 11.5 Å². The predicted molar refractivity (Wildman–Crippen MR) is 83.5 cm³/mol. The minimum atomic E-state index is 0. The van der Waals surface area contributed by atoms with Crippen molar-refractivity contribution in [2.75, 3.05) is 19.8 Å². The quantitative estimate of drug-likeness (QED) is 0.808. The van der Waals surface area contributed by atoms with E-state index in [0.29, 0.717) is 34.7 Å². The van der Waals surface area contributed by atoms with Crippen LogP contribution in [0.3, 0.4) is 0 Å². The highest BCUT2D eigenvalue weighted by Gasteiger charge is 2.10. The molecule has 0 unspecified atom stereocenters. The maximum Gasteiger partial charge on any atom is 0.156 e. The number of hydrogen-bond acceptors (Lipinski definition) is 3. The highest BCUT2D eigenvalue weighted by atomic mass is 35.5. The SMILES string of the molecule is Cl.NCCOc1c(Cl)cc(OCC=C(Cl)Cl)cc1Cl. The molecule has 0 amide bonds. The molecule has 0 aromatic heterocycles. The van der Waals surface area contributed by atoms with Gasteiger partial charge in [0, 0.05) is 18.7 Å². The Morgan fingerprint density at radius 2 is 1.74 bits per heavy atom. The van der Waals surface area contributed by atoms with Gasteiger partial charge in [0.05, 0.1) is 10.0 Å². The molecule has 0 saturated heterocycles. The first-order valence-corrected chi connectivity index (χ1v) is 6.51. The van der Waals surface area contributed by atoms with Crippen molar-refractivity contribution in [2.45, 2.75) is 0 Å². The first-order valence-electron chi connectivity index (χ1n) is 5.00. The summed E-state index contributed by atoms with van der Waals surface area (Å²) in [6.45, 7) is 0.937. The third-order valence-corrected chi connectivity index (χ3v) is 2.69. The number of ether oxygens (including phenoxy) is 2. The number of halogens is 5. The monoisotopic (exact) mass is 365 g/mol. The molecular weight excluding hydrogens is 355 g/mol. The average Bonchev–Trinajstić information content (AvgIpc) is 2.27. The summed E-state index contributed by atoms with van der Waals surface area (Å²) in [6, 6.07) is 3.19. The lowest BCUT2D eigenvalue weighted by atomic mass is 10.3. The molecule has 3 nitrogen and oxygen atoms in total. The zero-order valence-corrected chi connectivity index (χ0v) is 13.5. The van der Waals surface area contributed by atoms with Crippen molar-refractivity contribution < 1.29 is 9.47 Å². The molecule has 2 N–H and O–H groups in total. The minimum Gasteiger partial charge on any atom is -0.489 e. The van der Waals surface area contributed by atoms with Crippen molar-refractivity contribution in [3.63, 3.8) is 0 Å². The molecule has 0 radical (unpaired) electrons. The first-order chi connectivity index (χ1) is 8.54. The van der Waals surface area contributed by atoms with Gasteiger partial charge in [-0.15, -0.1) is 12.4 Å². The van der Waals surface area contributed by atoms with Crippen LogP contribution in [0.4, 0.5) is 0 Å². The van der Waals surface area contributed by atoms with Crippen LogP contribution in [0.5, 0.6) is 11.5 Å². The Morgan fingerprint density at radius 3 is 2.21 bits per heavy atom. The van der Waals surface area contributed by atoms with Crippen LogP contribution in [0.1, 0.15) is 0 Å². The Balaban J connectivity index is 0.00000324. The third-order valence-electron chi connectivity index (χ3n) is 1.82. The van der Waals surface area contributed by atoms with Crippen molar-refractivity contribution in [1.29, 1.82) is 0 Å². The van der Waals surface area contributed by atoms with Crippen LogP contribution in [0.15, 0.2) is 22.7 Å². The second-order valence-electron chi connectivity index (χ2n) is 3.16. The molecule has 0 bridgehead atoms. The number of hydrogen-bond donors (Lipinski definition) is 1. The molecule has 0 aliphatic carbocycles. The van der Waals surface area contributed by atoms with E-state index in [1.165, 1.54) is 6.08 Å². The lowest BCUT2D eigenvalue weighted by Gasteiger charge is -2.11. The summed E-state index contributed by atoms with van der Waals surface area (Å²) in [5.41, 5.74) is 5.33. The highest BCUT2D eigenvalue weighted by Crippen LogP contribution is 2.36. The summed E-state index contributed by atoms with van der Waals surface area (Å²) in [7, 11) is 0. The van der Waals surface area contributed by atoms with Gasteiger partial charge < -0.3 is 15.2 Å². The second-order valence-corrected chi connectivity index (χ2v) is 4.98. The molecule has 0 fully saturated rings. The molecule has 1 aromatic carbocycles. The Morgan fingerprint density at radius 1 is 1.16 bits per heavy atom. The van der Waals surface area contributed by atoms with Gasteiger partial charge in [-0.2, -0.15) is 0 Å². The van der Waals surface area contributed by atoms with Gasteiger partial charge in [0.25, 0.3) is 0 Å². The Bertz CT molecular complexity index is 412. The summed E-state index contributed by atoms with van der Waals surface area (Å²) in [6.07, 6.45) is 1.50. The van der Waals surface area contributed by atoms with Crippen molar-refractivity contribution in [3.05, 3.63) is 32.7 Å². The van der Waals surface area contributed by atoms with Crippen molar-refractivity contribution in [1.82, 2.24) is 0 Å². The largest absolute Gasteiger partial charge is 0.489 e. The van der Waals surface area contributed by atoms with Gasteiger partial charge >= 0.3 is 0 Å². The third kappa shape index (κ3) is 6.80. The van der Waals surface area contributed by atoms with Gasteiger partial charge in [0.2, 0.25) is 0 Å². The summed E-state index contributed by atoms with van der Waals surface area (Å²) < 4.78 is 10.8. The molecule has 8 heteroatoms. The van der Waals surface area contributed by atoms with Gasteiger partial charge in [0.15, 0.2) is 5.75 Å². The van der Waals surface area contributed by atoms with Gasteiger partial charge in [-0.25, -0.2) is 0 Å². The van der Waals surface area contributed by atoms with E-state index in [-0.39, 0.29) is 23.5 Å². The summed E-state index contributed by atoms with van der Waals surface area (Å²) in [5, 5.41) is 0.707. The minimum absolute atomic E-state index is 0. The number of nitrogens with two attached hydrogens (primary N) is 1. The van der Waals surface area contributed by atoms with E-state index in [1.807, 2.05) is 0 Å². The van der Waals surface area contributed by atoms with Crippen molar-refractivity contribution >= 4 is 58.8 Å². The molecule has 0 aliphatic rings. The van der Waals surface area contributed by atoms with Gasteiger partial charge in [-0.05, 0) is 6.08 Å². The van der Waals surface area contributed by atoms with Crippen LogP contribution in [0.2, 0.25) is 10.0 Å². The van der Waals surface area contributed by atoms with E-state index in [4.69, 9.17) is 61.6 Å². The van der Waals surface area contributed by atoms with Crippen LogP contribution >= 0.6 is 58.8 Å². The molecule has 1 rings (SSSR count). The van der Waals surface area contributed by atoms with Crippen LogP contribution in [0, 0.1) is 0 Å². The molecule has 19 heavy (non-hydrogen) atoms. The lowest BCUT2D eigenvalue weighted by molar-refractivity contribution is 0.326. The standard InChI is InChI=1S/C11H11Cl4NO2.ClH/c12-8-5-7(17-3-1-10(14)15)6-9(13)11(8)18-4-2-16;/h1,5-6H,2-4,16H2;1H. The molecule has 1 aromatic rings. The van der Waals surface area contributed by atoms with E-state index >= 15 is 0 Å².